The Morgan fingerprint density at radius 2 is 1.51 bits per heavy atom. The van der Waals surface area contributed by atoms with Crippen molar-refractivity contribution in [2.24, 2.45) is 5.41 Å². The largest absolute Gasteiger partial charge is 0.500 e. The van der Waals surface area contributed by atoms with Crippen molar-refractivity contribution in [3.05, 3.63) is 127 Å². The first-order valence-electron chi connectivity index (χ1n) is 20.7. The van der Waals surface area contributed by atoms with Crippen LogP contribution in [-0.2, 0) is 26.5 Å². The van der Waals surface area contributed by atoms with Crippen LogP contribution >= 0.6 is 0 Å². The fraction of sp³-hybridized carbons (Fsp3) is 0.255. The standard InChI is InChI=1S/C27H24NO.C20H25N2OSi2.Ir/c1-17-16-28-24(14-19(17)15-27(2,3)4)23-11-7-10-21-22-13-12-18-8-5-6-9-20(18)25(22)29-26(21)23;1-24(2,3)17-10-11-18(21-13-17)15-8-7-9-16(12-15)20-22-19(14-23-20)25(4,5)6;/h5-10,12-14,16H,15H2,1-4H3;7,9-14H,1-6H3;/q2*-1;/i1D3,15D2;;. The summed E-state index contributed by atoms with van der Waals surface area (Å²) in [6.07, 6.45) is 3.17. The molecule has 283 valence electrons. The average Bonchev–Trinajstić information content (AvgIpc) is 3.84. The number of aromatic nitrogens is 3. The molecule has 0 atom stereocenters. The van der Waals surface area contributed by atoms with Crippen LogP contribution in [0.25, 0.3) is 66.7 Å². The minimum Gasteiger partial charge on any atom is -0.500 e. The van der Waals surface area contributed by atoms with E-state index < -0.39 is 34.8 Å². The molecule has 0 N–H and O–H groups in total. The van der Waals surface area contributed by atoms with Gasteiger partial charge in [0.05, 0.1) is 19.0 Å². The van der Waals surface area contributed by atoms with Gasteiger partial charge in [0.25, 0.3) is 0 Å². The predicted molar refractivity (Wildman–Crippen MR) is 231 cm³/mol. The van der Waals surface area contributed by atoms with Gasteiger partial charge in [-0.05, 0) is 51.7 Å². The van der Waals surface area contributed by atoms with E-state index in [4.69, 9.17) is 20.7 Å². The Morgan fingerprint density at radius 1 is 0.764 bits per heavy atom. The van der Waals surface area contributed by atoms with E-state index in [-0.39, 0.29) is 31.2 Å². The van der Waals surface area contributed by atoms with Gasteiger partial charge < -0.3 is 18.8 Å². The number of pyridine rings is 2. The number of oxazole rings is 1. The summed E-state index contributed by atoms with van der Waals surface area (Å²) in [5.41, 5.74) is 4.40. The van der Waals surface area contributed by atoms with Crippen LogP contribution in [0.2, 0.25) is 39.3 Å². The molecule has 0 saturated heterocycles. The monoisotopic (exact) mass is 941 g/mol. The van der Waals surface area contributed by atoms with Crippen LogP contribution < -0.4 is 10.5 Å². The van der Waals surface area contributed by atoms with E-state index in [0.717, 1.165) is 49.3 Å². The second kappa shape index (κ2) is 15.6. The van der Waals surface area contributed by atoms with Crippen molar-refractivity contribution in [1.29, 1.82) is 0 Å². The smallest absolute Gasteiger partial charge is 0.207 e. The van der Waals surface area contributed by atoms with Gasteiger partial charge in [-0.15, -0.1) is 48.0 Å². The molecule has 0 spiro atoms. The molecule has 55 heavy (non-hydrogen) atoms. The van der Waals surface area contributed by atoms with Gasteiger partial charge >= 0.3 is 0 Å². The SMILES string of the molecule is C[Si](C)(C)c1ccc(-c2[c-]ccc(-c3nc([Si](C)(C)C)co3)c2)nc1.[2H]C([2H])([2H])c1cnc(-c2[c-]ccc3c2oc2c4ccccc4ccc32)cc1C([2H])([2H])C(C)(C)C.[Ir]. The number of hydrogen-bond donors (Lipinski definition) is 0. The zero-order chi connectivity index (χ0) is 42.7. The Hall–Kier alpha value is -4.47. The van der Waals surface area contributed by atoms with E-state index in [0.29, 0.717) is 22.7 Å². The van der Waals surface area contributed by atoms with Gasteiger partial charge in [-0.1, -0.05) is 131 Å². The Kier molecular flexibility index (Phi) is 9.59. The maximum atomic E-state index is 8.80. The number of benzene rings is 4. The van der Waals surface area contributed by atoms with Gasteiger partial charge in [0.2, 0.25) is 5.89 Å². The third-order valence-electron chi connectivity index (χ3n) is 9.22. The molecule has 0 fully saturated rings. The van der Waals surface area contributed by atoms with E-state index in [1.54, 1.807) is 39.2 Å². The molecule has 4 heterocycles. The first-order chi connectivity index (χ1) is 27.5. The number of fused-ring (bicyclic) bond motifs is 5. The molecule has 0 bridgehead atoms. The zero-order valence-corrected chi connectivity index (χ0v) is 37.2. The van der Waals surface area contributed by atoms with Crippen LogP contribution in [0.1, 0.15) is 38.8 Å². The van der Waals surface area contributed by atoms with E-state index >= 15 is 0 Å². The first-order valence-corrected chi connectivity index (χ1v) is 25.2. The van der Waals surface area contributed by atoms with Crippen LogP contribution in [0.15, 0.2) is 112 Å². The van der Waals surface area contributed by atoms with E-state index in [1.165, 1.54) is 11.4 Å². The molecule has 4 aromatic carbocycles. The maximum Gasteiger partial charge on any atom is 0.207 e. The van der Waals surface area contributed by atoms with Gasteiger partial charge in [0.15, 0.2) is 0 Å². The Morgan fingerprint density at radius 3 is 2.20 bits per heavy atom. The molecule has 1 radical (unpaired) electrons. The first kappa shape index (κ1) is 33.8. The Bertz CT molecular complexity index is 2820. The van der Waals surface area contributed by atoms with Crippen molar-refractivity contribution >= 4 is 59.4 Å². The van der Waals surface area contributed by atoms with Gasteiger partial charge in [-0.3, -0.25) is 0 Å². The van der Waals surface area contributed by atoms with Gasteiger partial charge in [0.1, 0.15) is 19.9 Å². The van der Waals surface area contributed by atoms with Crippen molar-refractivity contribution in [3.8, 4) is 34.0 Å². The van der Waals surface area contributed by atoms with Crippen molar-refractivity contribution in [2.45, 2.75) is 73.3 Å². The summed E-state index contributed by atoms with van der Waals surface area (Å²) in [6, 6.07) is 34.1. The number of hydrogen-bond acceptors (Lipinski definition) is 5. The summed E-state index contributed by atoms with van der Waals surface area (Å²) in [6.45, 7) is 16.6. The molecule has 0 unspecified atom stereocenters. The van der Waals surface area contributed by atoms with E-state index in [2.05, 4.69) is 85.6 Å². The Balaban J connectivity index is 0.000000207. The summed E-state index contributed by atoms with van der Waals surface area (Å²) in [5, 5.41) is 6.39. The van der Waals surface area contributed by atoms with Crippen molar-refractivity contribution < 1.29 is 35.8 Å². The summed E-state index contributed by atoms with van der Waals surface area (Å²) < 4.78 is 53.5. The van der Waals surface area contributed by atoms with Crippen molar-refractivity contribution in [2.75, 3.05) is 0 Å². The van der Waals surface area contributed by atoms with Crippen LogP contribution in [0.3, 0.4) is 0 Å². The van der Waals surface area contributed by atoms with Crippen LogP contribution in [0.4, 0.5) is 0 Å². The summed E-state index contributed by atoms with van der Waals surface area (Å²) in [4.78, 5) is 13.8. The summed E-state index contributed by atoms with van der Waals surface area (Å²) in [7, 11) is -2.80. The molecule has 0 aliphatic heterocycles. The Labute approximate surface area is 348 Å². The third kappa shape index (κ3) is 8.84. The van der Waals surface area contributed by atoms with E-state index in [1.807, 2.05) is 54.7 Å². The molecule has 0 aliphatic rings. The second-order valence-corrected chi connectivity index (χ2v) is 26.9. The number of aryl methyl sites for hydroxylation is 1. The van der Waals surface area contributed by atoms with Crippen LogP contribution in [0.5, 0.6) is 0 Å². The van der Waals surface area contributed by atoms with Crippen LogP contribution in [-0.4, -0.2) is 31.1 Å². The number of nitrogens with zero attached hydrogens (tertiary/aromatic N) is 3. The molecule has 0 aliphatic carbocycles. The third-order valence-corrected chi connectivity index (χ3v) is 13.0. The van der Waals surface area contributed by atoms with E-state index in [9.17, 15) is 0 Å². The minimum atomic E-state index is -2.49. The van der Waals surface area contributed by atoms with Crippen molar-refractivity contribution in [1.82, 2.24) is 15.0 Å². The van der Waals surface area contributed by atoms with Gasteiger partial charge in [-0.2, -0.15) is 0 Å². The molecular weight excluding hydrogens is 887 g/mol. The minimum absolute atomic E-state index is 0. The fourth-order valence-electron chi connectivity index (χ4n) is 6.25. The molecule has 0 saturated carbocycles. The summed E-state index contributed by atoms with van der Waals surface area (Å²) >= 11 is 0. The fourth-order valence-corrected chi connectivity index (χ4v) is 8.14. The predicted octanol–water partition coefficient (Wildman–Crippen LogP) is 11.8. The quantitative estimate of drug-likeness (QED) is 0.123. The summed E-state index contributed by atoms with van der Waals surface area (Å²) in [5.74, 6) is 0.673. The molecule has 8 aromatic rings. The molecule has 8 heteroatoms. The topological polar surface area (TPSA) is 65.0 Å². The van der Waals surface area contributed by atoms with Crippen molar-refractivity contribution in [3.63, 3.8) is 0 Å². The normalized spacial score (nSPS) is 13.9. The zero-order valence-electron chi connectivity index (χ0n) is 37.8. The average molecular weight is 941 g/mol. The molecule has 8 rings (SSSR count). The second-order valence-electron chi connectivity index (χ2n) is 16.8. The maximum absolute atomic E-state index is 8.80. The number of furan rings is 1. The molecular formula is C47H49IrN3O2Si2-2. The molecule has 5 nitrogen and oxygen atoms in total. The number of rotatable bonds is 6. The van der Waals surface area contributed by atoms with Gasteiger partial charge in [-0.25, -0.2) is 4.98 Å². The van der Waals surface area contributed by atoms with Gasteiger partial charge in [0, 0.05) is 50.1 Å². The molecule has 4 aromatic heterocycles. The molecule has 0 amide bonds. The van der Waals surface area contributed by atoms with Crippen LogP contribution in [0, 0.1) is 24.4 Å².